The Kier molecular flexibility index (Phi) is 6.56. The normalized spacial score (nSPS) is 13.3. The Morgan fingerprint density at radius 1 is 0.420 bits per heavy atom. The van der Waals surface area contributed by atoms with Crippen LogP contribution < -0.4 is 0 Å². The highest BCUT2D eigenvalue weighted by Crippen LogP contribution is 2.41. The second-order valence-corrected chi connectivity index (χ2v) is 12.8. The first-order chi connectivity index (χ1) is 24.8. The molecule has 0 spiro atoms. The number of allylic oxidation sites excluding steroid dienone is 4. The smallest absolute Gasteiger partial charge is 0.164 e. The maximum absolute atomic E-state index is 5.06. The Hall–Kier alpha value is -6.59. The molecule has 5 nitrogen and oxygen atoms in total. The summed E-state index contributed by atoms with van der Waals surface area (Å²) in [6, 6.07) is 53.3. The molecule has 10 rings (SSSR count). The van der Waals surface area contributed by atoms with Gasteiger partial charge < -0.3 is 9.13 Å². The van der Waals surface area contributed by atoms with Crippen LogP contribution in [0.3, 0.4) is 0 Å². The summed E-state index contributed by atoms with van der Waals surface area (Å²) >= 11 is 0. The van der Waals surface area contributed by atoms with Gasteiger partial charge in [-0.1, -0.05) is 121 Å². The summed E-state index contributed by atoms with van der Waals surface area (Å²) in [5.41, 5.74) is 10.1. The van der Waals surface area contributed by atoms with Gasteiger partial charge in [-0.05, 0) is 55.3 Å². The summed E-state index contributed by atoms with van der Waals surface area (Å²) < 4.78 is 4.86. The molecule has 0 fully saturated rings. The lowest BCUT2D eigenvalue weighted by molar-refractivity contribution is 0.970. The highest BCUT2D eigenvalue weighted by atomic mass is 15.0. The highest BCUT2D eigenvalue weighted by molar-refractivity contribution is 6.19. The number of hydrogen-bond donors (Lipinski definition) is 0. The van der Waals surface area contributed by atoms with E-state index in [1.807, 2.05) is 36.4 Å². The minimum absolute atomic E-state index is 0.670. The average molecular weight is 642 g/mol. The van der Waals surface area contributed by atoms with Crippen LogP contribution in [0.25, 0.3) is 83.3 Å². The van der Waals surface area contributed by atoms with Crippen molar-refractivity contribution < 1.29 is 0 Å². The van der Waals surface area contributed by atoms with Gasteiger partial charge in [-0.25, -0.2) is 15.0 Å². The van der Waals surface area contributed by atoms with Gasteiger partial charge in [-0.3, -0.25) is 0 Å². The van der Waals surface area contributed by atoms with Crippen molar-refractivity contribution in [3.05, 3.63) is 170 Å². The zero-order valence-electron chi connectivity index (χ0n) is 27.2. The topological polar surface area (TPSA) is 48.5 Å². The van der Waals surface area contributed by atoms with Gasteiger partial charge in [0.15, 0.2) is 17.5 Å². The quantitative estimate of drug-likeness (QED) is 0.188. The molecule has 0 amide bonds. The van der Waals surface area contributed by atoms with Crippen LogP contribution >= 0.6 is 0 Å². The number of benzene rings is 6. The Labute approximate surface area is 289 Å². The molecule has 236 valence electrons. The van der Waals surface area contributed by atoms with Crippen molar-refractivity contribution in [3.8, 4) is 28.5 Å². The third-order valence-corrected chi connectivity index (χ3v) is 9.81. The summed E-state index contributed by atoms with van der Waals surface area (Å²) in [4.78, 5) is 15.0. The predicted molar refractivity (Wildman–Crippen MR) is 206 cm³/mol. The van der Waals surface area contributed by atoms with Gasteiger partial charge >= 0.3 is 0 Å². The monoisotopic (exact) mass is 641 g/mol. The lowest BCUT2D eigenvalue weighted by Crippen LogP contribution is -2.06. The number of aromatic nitrogens is 5. The number of hydrogen-bond acceptors (Lipinski definition) is 3. The van der Waals surface area contributed by atoms with Crippen molar-refractivity contribution in [1.82, 2.24) is 24.1 Å². The van der Waals surface area contributed by atoms with Gasteiger partial charge in [0.1, 0.15) is 0 Å². The number of rotatable bonds is 5. The molecule has 9 aromatic rings. The summed E-state index contributed by atoms with van der Waals surface area (Å²) in [7, 11) is 0. The van der Waals surface area contributed by atoms with Gasteiger partial charge in [0.2, 0.25) is 0 Å². The highest BCUT2D eigenvalue weighted by Gasteiger charge is 2.21. The lowest BCUT2D eigenvalue weighted by atomic mass is 10.0. The molecule has 0 saturated carbocycles. The predicted octanol–water partition coefficient (Wildman–Crippen LogP) is 11.1. The van der Waals surface area contributed by atoms with E-state index >= 15 is 0 Å². The maximum atomic E-state index is 5.06. The van der Waals surface area contributed by atoms with E-state index in [1.54, 1.807) is 0 Å². The number of fused-ring (bicyclic) bond motifs is 6. The minimum atomic E-state index is 0.670. The first-order valence-electron chi connectivity index (χ1n) is 17.1. The summed E-state index contributed by atoms with van der Waals surface area (Å²) in [6.45, 7) is 0. The van der Waals surface area contributed by atoms with Crippen LogP contribution in [-0.2, 0) is 0 Å². The van der Waals surface area contributed by atoms with Crippen LogP contribution in [0, 0.1) is 0 Å². The van der Waals surface area contributed by atoms with Crippen LogP contribution in [0.1, 0.15) is 18.7 Å². The zero-order valence-corrected chi connectivity index (χ0v) is 27.2. The molecule has 1 aliphatic rings. The summed E-state index contributed by atoms with van der Waals surface area (Å²) in [6.07, 6.45) is 6.33. The average Bonchev–Trinajstić information content (AvgIpc) is 3.70. The number of para-hydroxylation sites is 3. The second-order valence-electron chi connectivity index (χ2n) is 12.8. The van der Waals surface area contributed by atoms with Gasteiger partial charge in [0.25, 0.3) is 0 Å². The summed E-state index contributed by atoms with van der Waals surface area (Å²) in [5.74, 6) is 2.02. The van der Waals surface area contributed by atoms with Crippen LogP contribution in [0.5, 0.6) is 0 Å². The van der Waals surface area contributed by atoms with Gasteiger partial charge in [0.05, 0.1) is 22.1 Å². The second kappa shape index (κ2) is 11.5. The van der Waals surface area contributed by atoms with E-state index in [0.717, 1.165) is 35.2 Å². The molecular formula is C45H31N5. The van der Waals surface area contributed by atoms with Crippen LogP contribution in [0.15, 0.2) is 164 Å². The summed E-state index contributed by atoms with van der Waals surface area (Å²) in [5, 5.41) is 5.00. The van der Waals surface area contributed by atoms with Crippen molar-refractivity contribution in [2.24, 2.45) is 0 Å². The van der Waals surface area contributed by atoms with E-state index in [9.17, 15) is 0 Å². The molecule has 0 aliphatic heterocycles. The molecule has 6 aromatic carbocycles. The molecule has 0 unspecified atom stereocenters. The van der Waals surface area contributed by atoms with Crippen molar-refractivity contribution >= 4 is 54.9 Å². The lowest BCUT2D eigenvalue weighted by Gasteiger charge is -2.18. The first-order valence-corrected chi connectivity index (χ1v) is 17.1. The Morgan fingerprint density at radius 3 is 1.54 bits per heavy atom. The molecule has 3 heterocycles. The van der Waals surface area contributed by atoms with Crippen molar-refractivity contribution in [2.45, 2.75) is 12.8 Å². The van der Waals surface area contributed by atoms with E-state index < -0.39 is 0 Å². The third kappa shape index (κ3) is 4.59. The fraction of sp³-hybridized carbons (Fsp3) is 0.0444. The van der Waals surface area contributed by atoms with Crippen LogP contribution in [0.2, 0.25) is 0 Å². The molecule has 3 aromatic heterocycles. The standard InChI is InChI=1S/C45H31N5/c1-4-15-30(16-5-1)43-46-44(31-17-6-2-7-18-31)48-45(47-43)32-19-14-22-34(27-32)50-40-26-13-11-24-36(40)38-28-37-35-23-10-12-25-39(35)49(41(37)29-42(38)50)33-20-8-3-9-21-33/h1-13,15-21,23-29H,14,22H2. The minimum Gasteiger partial charge on any atom is -0.313 e. The molecule has 0 atom stereocenters. The first kappa shape index (κ1) is 28.4. The van der Waals surface area contributed by atoms with Crippen LogP contribution in [-0.4, -0.2) is 24.1 Å². The van der Waals surface area contributed by atoms with Crippen molar-refractivity contribution in [2.75, 3.05) is 0 Å². The van der Waals surface area contributed by atoms with Crippen molar-refractivity contribution in [3.63, 3.8) is 0 Å². The number of nitrogens with zero attached hydrogens (tertiary/aromatic N) is 5. The Balaban J connectivity index is 1.20. The molecule has 1 aliphatic carbocycles. The Morgan fingerprint density at radius 2 is 0.920 bits per heavy atom. The molecule has 50 heavy (non-hydrogen) atoms. The fourth-order valence-electron chi connectivity index (χ4n) is 7.55. The largest absolute Gasteiger partial charge is 0.313 e. The third-order valence-electron chi connectivity index (χ3n) is 9.81. The van der Waals surface area contributed by atoms with Crippen molar-refractivity contribution in [1.29, 1.82) is 0 Å². The van der Waals surface area contributed by atoms with E-state index in [0.29, 0.717) is 17.5 Å². The molecule has 0 saturated heterocycles. The molecule has 0 bridgehead atoms. The van der Waals surface area contributed by atoms with Gasteiger partial charge in [-0.2, -0.15) is 0 Å². The molecule has 5 heteroatoms. The van der Waals surface area contributed by atoms with E-state index in [-0.39, 0.29) is 0 Å². The Bertz CT molecular complexity index is 2730. The maximum Gasteiger partial charge on any atom is 0.164 e. The zero-order chi connectivity index (χ0) is 33.0. The molecule has 0 radical (unpaired) electrons. The fourth-order valence-corrected chi connectivity index (χ4v) is 7.55. The van der Waals surface area contributed by atoms with E-state index in [1.165, 1.54) is 49.3 Å². The molecular weight excluding hydrogens is 611 g/mol. The van der Waals surface area contributed by atoms with Gasteiger partial charge in [-0.15, -0.1) is 0 Å². The van der Waals surface area contributed by atoms with E-state index in [4.69, 9.17) is 15.0 Å². The van der Waals surface area contributed by atoms with E-state index in [2.05, 4.69) is 137 Å². The van der Waals surface area contributed by atoms with Gasteiger partial charge in [0, 0.05) is 49.6 Å². The molecule has 0 N–H and O–H groups in total. The SMILES string of the molecule is C1=C(c2nc(-c3ccccc3)nc(-c3ccccc3)n2)C=C(n2c3ccccc3c3cc4c5ccccc5n(-c5ccccc5)c4cc32)CC1. The van der Waals surface area contributed by atoms with Crippen LogP contribution in [0.4, 0.5) is 0 Å².